The molecule has 26 heavy (non-hydrogen) atoms. The van der Waals surface area contributed by atoms with Crippen molar-refractivity contribution in [3.05, 3.63) is 57.0 Å². The molecule has 1 heterocycles. The Morgan fingerprint density at radius 2 is 1.54 bits per heavy atom. The number of nitrogens with zero attached hydrogens (tertiary/aromatic N) is 1. The first-order chi connectivity index (χ1) is 12.2. The van der Waals surface area contributed by atoms with E-state index in [9.17, 15) is 27.9 Å². The molecule has 11 heteroatoms. The highest BCUT2D eigenvalue weighted by atomic mass is 35.5. The largest absolute Gasteiger partial charge is 0.619 e. The molecule has 0 saturated heterocycles. The van der Waals surface area contributed by atoms with Crippen LogP contribution >= 0.6 is 23.2 Å². The van der Waals surface area contributed by atoms with E-state index in [2.05, 4.69) is 9.47 Å². The van der Waals surface area contributed by atoms with E-state index in [1.54, 1.807) is 0 Å². The first kappa shape index (κ1) is 20.3. The second-order valence-corrected chi connectivity index (χ2v) is 5.79. The van der Waals surface area contributed by atoms with Gasteiger partial charge in [0.05, 0.1) is 6.10 Å². The second-order valence-electron chi connectivity index (χ2n) is 4.98. The van der Waals surface area contributed by atoms with Gasteiger partial charge in [-0.3, -0.25) is 0 Å². The molecule has 0 aliphatic carbocycles. The fourth-order valence-electron chi connectivity index (χ4n) is 2.15. The van der Waals surface area contributed by atoms with Gasteiger partial charge in [-0.1, -0.05) is 29.3 Å². The summed E-state index contributed by atoms with van der Waals surface area (Å²) in [5.41, 5.74) is 0.311. The minimum Gasteiger partial charge on any atom is -0.619 e. The molecule has 142 valence electrons. The molecule has 0 fully saturated rings. The Kier molecular flexibility index (Phi) is 6.74. The minimum atomic E-state index is -3.28. The predicted molar refractivity (Wildman–Crippen MR) is 83.8 cm³/mol. The van der Waals surface area contributed by atoms with Crippen LogP contribution in [0.15, 0.2) is 30.6 Å². The van der Waals surface area contributed by atoms with Crippen molar-refractivity contribution >= 4 is 23.2 Å². The normalized spacial score (nSPS) is 12.5. The number of hydrogen-bond donors (Lipinski definition) is 1. The van der Waals surface area contributed by atoms with E-state index in [1.807, 2.05) is 0 Å². The molecule has 0 spiro atoms. The molecule has 1 atom stereocenters. The molecule has 2 rings (SSSR count). The van der Waals surface area contributed by atoms with E-state index in [1.165, 1.54) is 6.07 Å². The highest BCUT2D eigenvalue weighted by Crippen LogP contribution is 2.35. The third kappa shape index (κ3) is 5.26. The van der Waals surface area contributed by atoms with Gasteiger partial charge < -0.3 is 19.8 Å². The maximum atomic E-state index is 12.5. The molecular formula is C15H11Cl2F4NO4. The quantitative estimate of drug-likeness (QED) is 0.419. The fourth-order valence-corrected chi connectivity index (χ4v) is 2.75. The number of aliphatic hydroxyl groups excluding tert-OH is 1. The smallest absolute Gasteiger partial charge is 0.387 e. The molecule has 1 aromatic heterocycles. The Morgan fingerprint density at radius 3 is 2.08 bits per heavy atom. The summed E-state index contributed by atoms with van der Waals surface area (Å²) in [6, 6.07) is 3.09. The maximum Gasteiger partial charge on any atom is 0.387 e. The van der Waals surface area contributed by atoms with Crippen molar-refractivity contribution in [2.75, 3.05) is 0 Å². The lowest BCUT2D eigenvalue weighted by atomic mass is 10.0. The second kappa shape index (κ2) is 8.61. The highest BCUT2D eigenvalue weighted by molar-refractivity contribution is 6.35. The lowest BCUT2D eigenvalue weighted by Gasteiger charge is -2.16. The van der Waals surface area contributed by atoms with Gasteiger partial charge >= 0.3 is 13.2 Å². The van der Waals surface area contributed by atoms with Crippen LogP contribution in [-0.2, 0) is 6.42 Å². The van der Waals surface area contributed by atoms with Gasteiger partial charge in [0.1, 0.15) is 10.0 Å². The van der Waals surface area contributed by atoms with Crippen molar-refractivity contribution in [1.82, 2.24) is 0 Å². The molecule has 5 nitrogen and oxygen atoms in total. The first-order valence-electron chi connectivity index (χ1n) is 6.95. The topological polar surface area (TPSA) is 65.6 Å². The monoisotopic (exact) mass is 415 g/mol. The van der Waals surface area contributed by atoms with Crippen LogP contribution in [0.25, 0.3) is 0 Å². The van der Waals surface area contributed by atoms with E-state index in [-0.39, 0.29) is 27.6 Å². The molecule has 1 N–H and O–H groups in total. The van der Waals surface area contributed by atoms with Crippen molar-refractivity contribution in [3.63, 3.8) is 0 Å². The van der Waals surface area contributed by atoms with E-state index in [4.69, 9.17) is 23.2 Å². The van der Waals surface area contributed by atoms with Gasteiger partial charge in [0.15, 0.2) is 23.9 Å². The molecule has 2 aromatic rings. The number of aliphatic hydroxyl groups is 1. The molecule has 0 radical (unpaired) electrons. The summed E-state index contributed by atoms with van der Waals surface area (Å²) in [4.78, 5) is 0. The number of aromatic nitrogens is 1. The van der Waals surface area contributed by atoms with Crippen molar-refractivity contribution < 1.29 is 36.9 Å². The third-order valence-electron chi connectivity index (χ3n) is 3.24. The summed E-state index contributed by atoms with van der Waals surface area (Å²) in [7, 11) is 0. The zero-order chi connectivity index (χ0) is 19.4. The number of alkyl halides is 4. The highest BCUT2D eigenvalue weighted by Gasteiger charge is 2.20. The van der Waals surface area contributed by atoms with E-state index in [0.29, 0.717) is 4.73 Å². The molecule has 0 saturated carbocycles. The van der Waals surface area contributed by atoms with Crippen molar-refractivity contribution in [3.8, 4) is 11.5 Å². The van der Waals surface area contributed by atoms with Crippen molar-refractivity contribution in [1.29, 1.82) is 0 Å². The molecular weight excluding hydrogens is 405 g/mol. The summed E-state index contributed by atoms with van der Waals surface area (Å²) < 4.78 is 58.2. The van der Waals surface area contributed by atoms with Crippen LogP contribution in [0, 0.1) is 5.21 Å². The van der Waals surface area contributed by atoms with E-state index >= 15 is 0 Å². The lowest BCUT2D eigenvalue weighted by Crippen LogP contribution is -2.25. The van der Waals surface area contributed by atoms with Gasteiger partial charge in [0, 0.05) is 12.0 Å². The zero-order valence-corrected chi connectivity index (χ0v) is 14.2. The van der Waals surface area contributed by atoms with E-state index < -0.39 is 30.8 Å². The molecule has 0 bridgehead atoms. The Bertz CT molecular complexity index is 756. The average Bonchev–Trinajstić information content (AvgIpc) is 2.51. The maximum absolute atomic E-state index is 12.5. The molecule has 0 aliphatic rings. The van der Waals surface area contributed by atoms with Gasteiger partial charge in [-0.25, -0.2) is 0 Å². The van der Waals surface area contributed by atoms with Gasteiger partial charge in [0.2, 0.25) is 0 Å². The van der Waals surface area contributed by atoms with E-state index in [0.717, 1.165) is 24.5 Å². The van der Waals surface area contributed by atoms with Crippen molar-refractivity contribution in [2.45, 2.75) is 25.7 Å². The standard InChI is InChI=1S/C15H11Cl2F4NO4/c16-9-5-22(24)6-10(17)8(9)4-11(23)7-1-2-12(25-14(18)19)13(3-7)26-15(20)21/h1-3,5-6,11,14-15,23H,4H2. The van der Waals surface area contributed by atoms with Crippen LogP contribution in [0.4, 0.5) is 17.6 Å². The molecule has 0 amide bonds. The Morgan fingerprint density at radius 1 is 1.00 bits per heavy atom. The molecule has 1 unspecified atom stereocenters. The third-order valence-corrected chi connectivity index (χ3v) is 3.89. The summed E-state index contributed by atoms with van der Waals surface area (Å²) in [6.45, 7) is -6.53. The molecule has 0 aliphatic heterocycles. The van der Waals surface area contributed by atoms with Gasteiger partial charge in [-0.05, 0) is 17.7 Å². The van der Waals surface area contributed by atoms with Crippen molar-refractivity contribution in [2.24, 2.45) is 0 Å². The zero-order valence-electron chi connectivity index (χ0n) is 12.7. The summed E-state index contributed by atoms with van der Waals surface area (Å²) in [6.07, 6.45) is 0.593. The Hall–Kier alpha value is -1.97. The first-order valence-corrected chi connectivity index (χ1v) is 7.71. The Labute approximate surface area is 154 Å². The average molecular weight is 416 g/mol. The lowest BCUT2D eigenvalue weighted by molar-refractivity contribution is -0.605. The summed E-state index contributed by atoms with van der Waals surface area (Å²) in [5.74, 6) is -1.28. The summed E-state index contributed by atoms with van der Waals surface area (Å²) >= 11 is 11.8. The number of ether oxygens (including phenoxy) is 2. The van der Waals surface area contributed by atoms with Crippen LogP contribution in [0.5, 0.6) is 11.5 Å². The number of pyridine rings is 1. The number of benzene rings is 1. The van der Waals surface area contributed by atoms with Crippen LogP contribution in [0.2, 0.25) is 10.0 Å². The number of rotatable bonds is 7. The van der Waals surface area contributed by atoms with Crippen LogP contribution in [0.1, 0.15) is 17.2 Å². The minimum absolute atomic E-state index is 0.00624. The number of hydrogen-bond acceptors (Lipinski definition) is 4. The van der Waals surface area contributed by atoms with Crippen LogP contribution in [-0.4, -0.2) is 18.3 Å². The summed E-state index contributed by atoms with van der Waals surface area (Å²) in [5, 5.41) is 21.5. The van der Waals surface area contributed by atoms with Gasteiger partial charge in [0.25, 0.3) is 0 Å². The number of halogens is 6. The Balaban J connectivity index is 2.30. The van der Waals surface area contributed by atoms with Gasteiger partial charge in [-0.2, -0.15) is 22.3 Å². The van der Waals surface area contributed by atoms with Crippen LogP contribution < -0.4 is 14.2 Å². The van der Waals surface area contributed by atoms with Crippen LogP contribution in [0.3, 0.4) is 0 Å². The predicted octanol–water partition coefficient (Wildman–Crippen LogP) is 4.11. The fraction of sp³-hybridized carbons (Fsp3) is 0.267. The molecule has 1 aromatic carbocycles. The van der Waals surface area contributed by atoms with Gasteiger partial charge in [-0.15, -0.1) is 0 Å². The SMILES string of the molecule is [O-][n+]1cc(Cl)c(CC(O)c2ccc(OC(F)F)c(OC(F)F)c2)c(Cl)c1.